The SMILES string of the molecule is O=C(Nc1cccc(S(=O)(=O)N2CCCCC2)c1)C1CCCN1S(=O)(=O)c1ccc(F)cc1. The van der Waals surface area contributed by atoms with Crippen LogP contribution in [0, 0.1) is 5.82 Å². The highest BCUT2D eigenvalue weighted by Crippen LogP contribution is 2.28. The normalized spacial score (nSPS) is 20.6. The second-order valence-corrected chi connectivity index (χ2v) is 12.0. The average Bonchev–Trinajstić information content (AvgIpc) is 3.31. The fraction of sp³-hybridized carbons (Fsp3) is 0.409. The van der Waals surface area contributed by atoms with Crippen molar-refractivity contribution >= 4 is 31.6 Å². The molecule has 0 radical (unpaired) electrons. The number of rotatable bonds is 6. The molecule has 0 aromatic heterocycles. The summed E-state index contributed by atoms with van der Waals surface area (Å²) >= 11 is 0. The number of carbonyl (C=O) groups is 1. The number of amides is 1. The van der Waals surface area contributed by atoms with Gasteiger partial charge in [0.25, 0.3) is 0 Å². The molecule has 2 heterocycles. The number of nitrogens with zero attached hydrogens (tertiary/aromatic N) is 2. The Bertz CT molecular complexity index is 1230. The van der Waals surface area contributed by atoms with Crippen LogP contribution in [0.5, 0.6) is 0 Å². The van der Waals surface area contributed by atoms with E-state index in [1.807, 2.05) is 0 Å². The van der Waals surface area contributed by atoms with Crippen molar-refractivity contribution < 1.29 is 26.0 Å². The van der Waals surface area contributed by atoms with Gasteiger partial charge < -0.3 is 5.32 Å². The van der Waals surface area contributed by atoms with Gasteiger partial charge in [-0.05, 0) is 68.1 Å². The van der Waals surface area contributed by atoms with E-state index in [0.717, 1.165) is 35.7 Å². The van der Waals surface area contributed by atoms with E-state index in [1.54, 1.807) is 12.1 Å². The van der Waals surface area contributed by atoms with Crippen LogP contribution in [0.4, 0.5) is 10.1 Å². The van der Waals surface area contributed by atoms with Gasteiger partial charge in [-0.15, -0.1) is 0 Å². The Morgan fingerprint density at radius 3 is 2.24 bits per heavy atom. The number of halogens is 1. The van der Waals surface area contributed by atoms with E-state index in [1.165, 1.54) is 28.6 Å². The maximum absolute atomic E-state index is 13.2. The second kappa shape index (κ2) is 9.49. The van der Waals surface area contributed by atoms with Crippen LogP contribution in [-0.4, -0.2) is 57.0 Å². The Balaban J connectivity index is 1.52. The average molecular weight is 496 g/mol. The third kappa shape index (κ3) is 4.96. The molecule has 1 atom stereocenters. The van der Waals surface area contributed by atoms with Gasteiger partial charge in [0, 0.05) is 25.3 Å². The van der Waals surface area contributed by atoms with Crippen molar-refractivity contribution in [2.75, 3.05) is 25.0 Å². The topological polar surface area (TPSA) is 104 Å². The van der Waals surface area contributed by atoms with E-state index in [4.69, 9.17) is 0 Å². The lowest BCUT2D eigenvalue weighted by Crippen LogP contribution is -2.43. The highest BCUT2D eigenvalue weighted by molar-refractivity contribution is 7.89. The van der Waals surface area contributed by atoms with E-state index in [-0.39, 0.29) is 22.0 Å². The highest BCUT2D eigenvalue weighted by atomic mass is 32.2. The molecule has 4 rings (SSSR count). The largest absolute Gasteiger partial charge is 0.325 e. The van der Waals surface area contributed by atoms with Crippen LogP contribution < -0.4 is 5.32 Å². The Morgan fingerprint density at radius 1 is 0.848 bits per heavy atom. The van der Waals surface area contributed by atoms with Crippen LogP contribution in [-0.2, 0) is 24.8 Å². The minimum atomic E-state index is -3.98. The molecule has 8 nitrogen and oxygen atoms in total. The van der Waals surface area contributed by atoms with Crippen LogP contribution in [0.2, 0.25) is 0 Å². The Labute approximate surface area is 193 Å². The summed E-state index contributed by atoms with van der Waals surface area (Å²) < 4.78 is 67.7. The summed E-state index contributed by atoms with van der Waals surface area (Å²) in [5, 5.41) is 2.67. The maximum atomic E-state index is 13.2. The molecular weight excluding hydrogens is 469 g/mol. The van der Waals surface area contributed by atoms with Crippen LogP contribution in [0.3, 0.4) is 0 Å². The number of anilines is 1. The van der Waals surface area contributed by atoms with Gasteiger partial charge in [0.05, 0.1) is 9.79 Å². The zero-order valence-corrected chi connectivity index (χ0v) is 19.6. The van der Waals surface area contributed by atoms with Gasteiger partial charge in [-0.25, -0.2) is 21.2 Å². The van der Waals surface area contributed by atoms with Crippen LogP contribution in [0.15, 0.2) is 58.3 Å². The number of hydrogen-bond donors (Lipinski definition) is 1. The monoisotopic (exact) mass is 495 g/mol. The fourth-order valence-electron chi connectivity index (χ4n) is 4.25. The molecule has 1 N–H and O–H groups in total. The molecule has 2 fully saturated rings. The Morgan fingerprint density at radius 2 is 1.55 bits per heavy atom. The van der Waals surface area contributed by atoms with Crippen molar-refractivity contribution in [2.24, 2.45) is 0 Å². The first-order valence-corrected chi connectivity index (χ1v) is 13.8. The summed E-state index contributed by atoms with van der Waals surface area (Å²) in [5.41, 5.74) is 0.282. The maximum Gasteiger partial charge on any atom is 0.243 e. The predicted octanol–water partition coefficient (Wildman–Crippen LogP) is 2.79. The van der Waals surface area contributed by atoms with Crippen molar-refractivity contribution in [1.29, 1.82) is 0 Å². The highest BCUT2D eigenvalue weighted by Gasteiger charge is 2.39. The predicted molar refractivity (Wildman–Crippen MR) is 121 cm³/mol. The van der Waals surface area contributed by atoms with Gasteiger partial charge in [0.2, 0.25) is 26.0 Å². The van der Waals surface area contributed by atoms with E-state index < -0.39 is 37.8 Å². The molecule has 0 aliphatic carbocycles. The molecular formula is C22H26FN3O5S2. The molecule has 1 amide bonds. The van der Waals surface area contributed by atoms with Crippen LogP contribution in [0.25, 0.3) is 0 Å². The zero-order valence-electron chi connectivity index (χ0n) is 18.0. The number of hydrogen-bond acceptors (Lipinski definition) is 5. The minimum Gasteiger partial charge on any atom is -0.325 e. The summed E-state index contributed by atoms with van der Waals surface area (Å²) in [5.74, 6) is -1.09. The summed E-state index contributed by atoms with van der Waals surface area (Å²) in [6, 6.07) is 9.53. The van der Waals surface area contributed by atoms with Gasteiger partial charge >= 0.3 is 0 Å². The second-order valence-electron chi connectivity index (χ2n) is 8.21. The molecule has 2 saturated heterocycles. The van der Waals surface area contributed by atoms with Crippen molar-refractivity contribution in [3.05, 3.63) is 54.3 Å². The molecule has 2 aliphatic heterocycles. The summed E-state index contributed by atoms with van der Waals surface area (Å²) in [7, 11) is -7.65. The van der Waals surface area contributed by atoms with E-state index in [0.29, 0.717) is 25.9 Å². The summed E-state index contributed by atoms with van der Waals surface area (Å²) in [4.78, 5) is 13.0. The number of nitrogens with one attached hydrogen (secondary N) is 1. The first kappa shape index (κ1) is 23.8. The molecule has 33 heavy (non-hydrogen) atoms. The molecule has 0 spiro atoms. The quantitative estimate of drug-likeness (QED) is 0.664. The van der Waals surface area contributed by atoms with E-state index in [2.05, 4.69) is 5.32 Å². The number of piperidine rings is 1. The molecule has 2 aromatic rings. The Hall–Kier alpha value is -2.34. The number of sulfonamides is 2. The summed E-state index contributed by atoms with van der Waals surface area (Å²) in [6.07, 6.45) is 3.46. The van der Waals surface area contributed by atoms with Crippen LogP contribution in [0.1, 0.15) is 32.1 Å². The lowest BCUT2D eigenvalue weighted by molar-refractivity contribution is -0.119. The van der Waals surface area contributed by atoms with E-state index >= 15 is 0 Å². The van der Waals surface area contributed by atoms with Gasteiger partial charge in [-0.3, -0.25) is 4.79 Å². The fourth-order valence-corrected chi connectivity index (χ4v) is 7.47. The third-order valence-electron chi connectivity index (χ3n) is 5.98. The molecule has 0 bridgehead atoms. The summed E-state index contributed by atoms with van der Waals surface area (Å²) in [6.45, 7) is 1.11. The lowest BCUT2D eigenvalue weighted by atomic mass is 10.2. The first-order chi connectivity index (χ1) is 15.7. The van der Waals surface area contributed by atoms with Crippen molar-refractivity contribution in [3.63, 3.8) is 0 Å². The number of carbonyl (C=O) groups excluding carboxylic acids is 1. The van der Waals surface area contributed by atoms with Gasteiger partial charge in [0.1, 0.15) is 11.9 Å². The molecule has 11 heteroatoms. The molecule has 1 unspecified atom stereocenters. The first-order valence-electron chi connectivity index (χ1n) is 10.9. The number of benzene rings is 2. The van der Waals surface area contributed by atoms with E-state index in [9.17, 15) is 26.0 Å². The molecule has 0 saturated carbocycles. The van der Waals surface area contributed by atoms with Crippen molar-refractivity contribution in [3.8, 4) is 0 Å². The molecule has 178 valence electrons. The van der Waals surface area contributed by atoms with Gasteiger partial charge in [0.15, 0.2) is 0 Å². The van der Waals surface area contributed by atoms with Crippen molar-refractivity contribution in [2.45, 2.75) is 47.9 Å². The smallest absolute Gasteiger partial charge is 0.243 e. The minimum absolute atomic E-state index is 0.0850. The van der Waals surface area contributed by atoms with Gasteiger partial charge in [-0.1, -0.05) is 12.5 Å². The molecule has 2 aliphatic rings. The van der Waals surface area contributed by atoms with Crippen LogP contribution >= 0.6 is 0 Å². The lowest BCUT2D eigenvalue weighted by Gasteiger charge is -2.26. The standard InChI is InChI=1S/C22H26FN3O5S2/c23-17-9-11-19(12-10-17)33(30,31)26-15-5-8-21(26)22(27)24-18-6-4-7-20(16-18)32(28,29)25-13-2-1-3-14-25/h4,6-7,9-12,16,21H,1-3,5,8,13-15H2,(H,24,27). The third-order valence-corrected chi connectivity index (χ3v) is 9.80. The van der Waals surface area contributed by atoms with Crippen molar-refractivity contribution in [1.82, 2.24) is 8.61 Å². The van der Waals surface area contributed by atoms with Gasteiger partial charge in [-0.2, -0.15) is 8.61 Å². The molecule has 2 aromatic carbocycles. The zero-order chi connectivity index (χ0) is 23.6. The Kier molecular flexibility index (Phi) is 6.85.